The summed E-state index contributed by atoms with van der Waals surface area (Å²) in [5, 5.41) is 8.42. The Balaban J connectivity index is 4.59. The molecule has 0 fully saturated rings. The van der Waals surface area contributed by atoms with Gasteiger partial charge in [-0.25, -0.2) is 0 Å². The fourth-order valence-electron chi connectivity index (χ4n) is 6.61. The molecule has 0 aliphatic heterocycles. The molecule has 0 rings (SSSR count). The summed E-state index contributed by atoms with van der Waals surface area (Å²) < 4.78 is 12.5. The third-order valence-electron chi connectivity index (χ3n) is 9.35. The molecule has 0 aromatic carbocycles. The smallest absolute Gasteiger partial charge is 0.366 e. The summed E-state index contributed by atoms with van der Waals surface area (Å²) >= 11 is 0. The average Bonchev–Trinajstić information content (AvgIpc) is 2.96. The van der Waals surface area contributed by atoms with Crippen LogP contribution in [0.2, 0.25) is 0 Å². The molecule has 2 unspecified atom stereocenters. The number of hydrogen-bond donors (Lipinski definition) is 3. The Morgan fingerprint density at radius 2 is 0.800 bits per heavy atom. The topological polar surface area (TPSA) is 112 Å². The van der Waals surface area contributed by atoms with Crippen LogP contribution >= 0.6 is 7.60 Å². The molecule has 0 spiro atoms. The van der Waals surface area contributed by atoms with E-state index in [0.717, 1.165) is 44.9 Å². The van der Waals surface area contributed by atoms with Gasteiger partial charge < -0.3 is 19.4 Å². The molecule has 0 amide bonds. The van der Waals surface area contributed by atoms with Crippen LogP contribution in [0, 0.1) is 0 Å². The number of ketones is 2. The number of nitrogens with zero attached hydrogens (tertiary/aromatic N) is 1. The van der Waals surface area contributed by atoms with Crippen LogP contribution in [-0.2, 0) is 14.2 Å². The van der Waals surface area contributed by atoms with Crippen LogP contribution in [0.5, 0.6) is 0 Å². The summed E-state index contributed by atoms with van der Waals surface area (Å²) in [6, 6.07) is -1.51. The Morgan fingerprint density at radius 1 is 0.533 bits per heavy atom. The third kappa shape index (κ3) is 20.4. The number of carbonyl (C=O) groups is 2. The number of hydrogen-bond acceptors (Lipinski definition) is 4. The van der Waals surface area contributed by atoms with Gasteiger partial charge in [-0.15, -0.1) is 0 Å². The zero-order valence-electron chi connectivity index (χ0n) is 30.3. The Labute approximate surface area is 278 Å². The highest BCUT2D eigenvalue weighted by molar-refractivity contribution is 7.54. The maximum atomic E-state index is 13.4. The molecule has 0 aliphatic carbocycles. The Kier molecular flexibility index (Phi) is 26.0. The summed E-state index contributed by atoms with van der Waals surface area (Å²) in [7, 11) is -0.489. The summed E-state index contributed by atoms with van der Waals surface area (Å²) in [4.78, 5) is 47.2. The number of unbranched alkanes of at least 4 members (excludes halogenated alkanes) is 24. The molecule has 7 nitrogen and oxygen atoms in total. The first-order chi connectivity index (χ1) is 21.3. The number of rotatable bonds is 33. The molecule has 0 saturated carbocycles. The first kappa shape index (κ1) is 44.4. The van der Waals surface area contributed by atoms with Crippen LogP contribution in [0.25, 0.3) is 0 Å². The van der Waals surface area contributed by atoms with Crippen molar-refractivity contribution in [3.63, 3.8) is 0 Å². The maximum absolute atomic E-state index is 13.4. The van der Waals surface area contributed by atoms with Gasteiger partial charge in [0.1, 0.15) is 0 Å². The second kappa shape index (κ2) is 26.4. The zero-order chi connectivity index (χ0) is 34.0. The van der Waals surface area contributed by atoms with E-state index in [4.69, 9.17) is 0 Å². The first-order valence-electron chi connectivity index (χ1n) is 19.0. The molecule has 0 aromatic heterocycles. The van der Waals surface area contributed by atoms with Crippen LogP contribution in [0.4, 0.5) is 0 Å². The minimum absolute atomic E-state index is 0.103. The van der Waals surface area contributed by atoms with E-state index in [1.54, 1.807) is 21.1 Å². The quantitative estimate of drug-likeness (QED) is 0.0367. The van der Waals surface area contributed by atoms with Crippen molar-refractivity contribution in [2.24, 2.45) is 0 Å². The Bertz CT molecular complexity index is 792. The molecule has 0 radical (unpaired) electrons. The van der Waals surface area contributed by atoms with E-state index in [-0.39, 0.29) is 17.3 Å². The number of likely N-dealkylation sites (N-methyl/N-ethyl adjacent to an activating group) is 1. The lowest BCUT2D eigenvalue weighted by atomic mass is 9.92. The van der Waals surface area contributed by atoms with E-state index in [1.807, 2.05) is 0 Å². The SMILES string of the molecule is CCCCCCCCCCCCCCCC(=O)C(C(O)(C(=O)CCCCCCCCCCCCCCC)P(=O)(O)O)[N+](C)(C)C. The minimum Gasteiger partial charge on any atom is -0.366 e. The summed E-state index contributed by atoms with van der Waals surface area (Å²) in [5.74, 6) is -1.36. The molecular formula is C37H75NO6P+. The predicted octanol–water partition coefficient (Wildman–Crippen LogP) is 10.0. The van der Waals surface area contributed by atoms with Crippen molar-refractivity contribution in [3.05, 3.63) is 0 Å². The van der Waals surface area contributed by atoms with E-state index < -0.39 is 30.5 Å². The molecule has 0 saturated heterocycles. The van der Waals surface area contributed by atoms with Crippen molar-refractivity contribution < 1.29 is 33.5 Å². The molecule has 0 heterocycles. The highest BCUT2D eigenvalue weighted by atomic mass is 31.2. The van der Waals surface area contributed by atoms with Gasteiger partial charge in [0.05, 0.1) is 21.1 Å². The zero-order valence-corrected chi connectivity index (χ0v) is 31.2. The molecule has 8 heteroatoms. The average molecular weight is 661 g/mol. The highest BCUT2D eigenvalue weighted by Gasteiger charge is 2.64. The Hall–Kier alpha value is -0.590. The second-order valence-electron chi connectivity index (χ2n) is 14.7. The van der Waals surface area contributed by atoms with Crippen molar-refractivity contribution in [2.75, 3.05) is 21.1 Å². The highest BCUT2D eigenvalue weighted by Crippen LogP contribution is 2.54. The summed E-state index contributed by atoms with van der Waals surface area (Å²) in [6.45, 7) is 4.47. The largest absolute Gasteiger partial charge is 0.371 e. The van der Waals surface area contributed by atoms with E-state index in [1.165, 1.54) is 109 Å². The lowest BCUT2D eigenvalue weighted by Crippen LogP contribution is -2.65. The van der Waals surface area contributed by atoms with Crippen LogP contribution in [0.1, 0.15) is 194 Å². The van der Waals surface area contributed by atoms with E-state index in [9.17, 15) is 29.0 Å². The second-order valence-corrected chi connectivity index (χ2v) is 16.4. The van der Waals surface area contributed by atoms with E-state index >= 15 is 0 Å². The number of aliphatic hydroxyl groups is 1. The fourth-order valence-corrected chi connectivity index (χ4v) is 7.86. The molecule has 0 aromatic rings. The van der Waals surface area contributed by atoms with Crippen LogP contribution in [0.15, 0.2) is 0 Å². The van der Waals surface area contributed by atoms with Gasteiger partial charge in [-0.1, -0.05) is 168 Å². The van der Waals surface area contributed by atoms with Crippen LogP contribution < -0.4 is 0 Å². The maximum Gasteiger partial charge on any atom is 0.371 e. The van der Waals surface area contributed by atoms with Crippen LogP contribution in [0.3, 0.4) is 0 Å². The van der Waals surface area contributed by atoms with E-state index in [2.05, 4.69) is 13.8 Å². The van der Waals surface area contributed by atoms with Gasteiger partial charge in [0.15, 0.2) is 17.6 Å². The standard InChI is InChI=1S/C37H74NO6P/c1-6-8-10-12-14-16-18-20-22-24-26-28-30-32-34(39)36(38(3,4)5)37(41,45(42,43)44)35(40)33-31-29-27-25-23-21-19-17-15-13-11-9-7-2/h36,41H,6-33H2,1-5H3,(H-,42,43,44)/p+1. The van der Waals surface area contributed by atoms with Crippen molar-refractivity contribution >= 4 is 19.2 Å². The number of Topliss-reactive ketones (excluding diaryl/α,β-unsaturated/α-hetero) is 2. The minimum atomic E-state index is -5.34. The fraction of sp³-hybridized carbons (Fsp3) is 0.946. The van der Waals surface area contributed by atoms with Crippen molar-refractivity contribution in [1.82, 2.24) is 0 Å². The van der Waals surface area contributed by atoms with Crippen LogP contribution in [-0.4, -0.2) is 63.5 Å². The predicted molar refractivity (Wildman–Crippen MR) is 189 cm³/mol. The lowest BCUT2D eigenvalue weighted by molar-refractivity contribution is -0.890. The van der Waals surface area contributed by atoms with E-state index in [0.29, 0.717) is 12.8 Å². The van der Waals surface area contributed by atoms with Gasteiger partial charge in [0.2, 0.25) is 0 Å². The first-order valence-corrected chi connectivity index (χ1v) is 20.6. The van der Waals surface area contributed by atoms with Gasteiger partial charge in [-0.05, 0) is 12.8 Å². The molecule has 45 heavy (non-hydrogen) atoms. The molecule has 2 atom stereocenters. The summed E-state index contributed by atoms with van der Waals surface area (Å²) in [5.41, 5.74) is 0. The third-order valence-corrected chi connectivity index (χ3v) is 10.7. The molecule has 3 N–H and O–H groups in total. The van der Waals surface area contributed by atoms with Gasteiger partial charge in [-0.3, -0.25) is 14.2 Å². The molecule has 268 valence electrons. The number of quaternary nitrogens is 1. The van der Waals surface area contributed by atoms with Gasteiger partial charge in [-0.2, -0.15) is 0 Å². The molecular weight excluding hydrogens is 585 g/mol. The summed E-state index contributed by atoms with van der Waals surface area (Å²) in [6.07, 6.45) is 30.0. The van der Waals surface area contributed by atoms with Gasteiger partial charge >= 0.3 is 7.60 Å². The monoisotopic (exact) mass is 661 g/mol. The van der Waals surface area contributed by atoms with Crippen molar-refractivity contribution in [3.8, 4) is 0 Å². The Morgan fingerprint density at radius 3 is 1.07 bits per heavy atom. The lowest BCUT2D eigenvalue weighted by Gasteiger charge is -2.42. The normalized spacial score (nSPS) is 14.4. The van der Waals surface area contributed by atoms with Crippen molar-refractivity contribution in [1.29, 1.82) is 0 Å². The molecule has 0 bridgehead atoms. The van der Waals surface area contributed by atoms with Gasteiger partial charge in [0.25, 0.3) is 5.34 Å². The number of carbonyl (C=O) groups excluding carboxylic acids is 2. The van der Waals surface area contributed by atoms with Crippen molar-refractivity contribution in [2.45, 2.75) is 205 Å². The molecule has 0 aliphatic rings. The van der Waals surface area contributed by atoms with Gasteiger partial charge in [0, 0.05) is 12.8 Å².